The van der Waals surface area contributed by atoms with E-state index in [1.807, 2.05) is 0 Å². The minimum atomic E-state index is 0.707. The molecule has 1 aliphatic rings. The van der Waals surface area contributed by atoms with Gasteiger partial charge in [-0.05, 0) is 52.1 Å². The average Bonchev–Trinajstić information content (AvgIpc) is 2.30. The second kappa shape index (κ2) is 5.61. The van der Waals surface area contributed by atoms with Crippen molar-refractivity contribution in [3.8, 4) is 0 Å². The van der Waals surface area contributed by atoms with Gasteiger partial charge in [0.1, 0.15) is 0 Å². The molecule has 0 bridgehead atoms. The van der Waals surface area contributed by atoms with Gasteiger partial charge in [0.15, 0.2) is 0 Å². The molecule has 13 heavy (non-hydrogen) atoms. The van der Waals surface area contributed by atoms with Gasteiger partial charge in [-0.3, -0.25) is 0 Å². The summed E-state index contributed by atoms with van der Waals surface area (Å²) >= 11 is 0. The van der Waals surface area contributed by atoms with Gasteiger partial charge in [-0.25, -0.2) is 0 Å². The van der Waals surface area contributed by atoms with Gasteiger partial charge >= 0.3 is 0 Å². The fourth-order valence-corrected chi connectivity index (χ4v) is 2.20. The first-order valence-electron chi connectivity index (χ1n) is 5.68. The Bertz CT molecular complexity index is 134. The largest absolute Gasteiger partial charge is 0.330 e. The van der Waals surface area contributed by atoms with E-state index >= 15 is 0 Å². The van der Waals surface area contributed by atoms with E-state index in [0.29, 0.717) is 6.04 Å². The van der Waals surface area contributed by atoms with Crippen molar-refractivity contribution in [2.75, 3.05) is 19.6 Å². The topological polar surface area (TPSA) is 29.3 Å². The Kier molecular flexibility index (Phi) is 4.74. The monoisotopic (exact) mass is 184 g/mol. The molecule has 0 aliphatic carbocycles. The van der Waals surface area contributed by atoms with Gasteiger partial charge in [0, 0.05) is 12.6 Å². The van der Waals surface area contributed by atoms with Crippen LogP contribution in [-0.4, -0.2) is 30.6 Å². The lowest BCUT2D eigenvalue weighted by Gasteiger charge is -2.27. The molecule has 78 valence electrons. The summed E-state index contributed by atoms with van der Waals surface area (Å²) in [6.45, 7) is 8.01. The molecule has 0 aromatic carbocycles. The molecule has 2 N–H and O–H groups in total. The van der Waals surface area contributed by atoms with E-state index in [1.165, 1.54) is 38.8 Å². The van der Waals surface area contributed by atoms with Gasteiger partial charge < -0.3 is 10.6 Å². The summed E-state index contributed by atoms with van der Waals surface area (Å²) in [5.41, 5.74) is 5.61. The van der Waals surface area contributed by atoms with Crippen LogP contribution in [0.5, 0.6) is 0 Å². The molecule has 1 rings (SSSR count). The third-order valence-electron chi connectivity index (χ3n) is 3.11. The van der Waals surface area contributed by atoms with Crippen molar-refractivity contribution in [3.05, 3.63) is 0 Å². The van der Waals surface area contributed by atoms with Crippen LogP contribution in [0.4, 0.5) is 0 Å². The predicted octanol–water partition coefficient (Wildman–Crippen LogP) is 1.85. The van der Waals surface area contributed by atoms with Gasteiger partial charge in [0.05, 0.1) is 0 Å². The van der Waals surface area contributed by atoms with Gasteiger partial charge in [0.25, 0.3) is 0 Å². The first kappa shape index (κ1) is 11.0. The number of nitrogens with two attached hydrogens (primary N) is 1. The maximum absolute atomic E-state index is 5.61. The summed E-state index contributed by atoms with van der Waals surface area (Å²) < 4.78 is 0. The third-order valence-corrected chi connectivity index (χ3v) is 3.11. The number of nitrogens with zero attached hydrogens (tertiary/aromatic N) is 1. The van der Waals surface area contributed by atoms with Gasteiger partial charge in [-0.1, -0.05) is 6.42 Å². The summed E-state index contributed by atoms with van der Waals surface area (Å²) in [7, 11) is 0. The lowest BCUT2D eigenvalue weighted by Crippen LogP contribution is -2.35. The zero-order valence-corrected chi connectivity index (χ0v) is 9.13. The highest BCUT2D eigenvalue weighted by molar-refractivity contribution is 4.73. The van der Waals surface area contributed by atoms with Crippen LogP contribution in [0.2, 0.25) is 0 Å². The minimum Gasteiger partial charge on any atom is -0.330 e. The molecule has 0 radical (unpaired) electrons. The number of likely N-dealkylation sites (tertiary alicyclic amines) is 1. The fraction of sp³-hybridized carbons (Fsp3) is 1.00. The molecular formula is C11H24N2. The quantitative estimate of drug-likeness (QED) is 0.725. The molecule has 0 aromatic heterocycles. The van der Waals surface area contributed by atoms with E-state index < -0.39 is 0 Å². The van der Waals surface area contributed by atoms with Gasteiger partial charge in [-0.15, -0.1) is 0 Å². The molecule has 1 heterocycles. The number of hydrogen-bond acceptors (Lipinski definition) is 2. The van der Waals surface area contributed by atoms with E-state index in [1.54, 1.807) is 0 Å². The van der Waals surface area contributed by atoms with E-state index in [0.717, 1.165) is 12.5 Å². The highest BCUT2D eigenvalue weighted by atomic mass is 15.1. The van der Waals surface area contributed by atoms with Crippen LogP contribution in [0.3, 0.4) is 0 Å². The van der Waals surface area contributed by atoms with Crippen LogP contribution >= 0.6 is 0 Å². The van der Waals surface area contributed by atoms with Crippen molar-refractivity contribution in [3.63, 3.8) is 0 Å². The SMILES string of the molecule is CC(C)N1CCCCC(CCN)C1. The van der Waals surface area contributed by atoms with Crippen molar-refractivity contribution in [2.45, 2.75) is 45.6 Å². The molecule has 2 heteroatoms. The maximum Gasteiger partial charge on any atom is 0.00387 e. The molecular weight excluding hydrogens is 160 g/mol. The first-order chi connectivity index (χ1) is 6.24. The second-order valence-corrected chi connectivity index (χ2v) is 4.53. The highest BCUT2D eigenvalue weighted by Gasteiger charge is 2.18. The zero-order valence-electron chi connectivity index (χ0n) is 9.13. The number of hydrogen-bond donors (Lipinski definition) is 1. The van der Waals surface area contributed by atoms with Crippen molar-refractivity contribution in [1.82, 2.24) is 4.90 Å². The molecule has 0 amide bonds. The average molecular weight is 184 g/mol. The first-order valence-corrected chi connectivity index (χ1v) is 5.68. The summed E-state index contributed by atoms with van der Waals surface area (Å²) in [6.07, 6.45) is 5.37. The smallest absolute Gasteiger partial charge is 0.00387 e. The van der Waals surface area contributed by atoms with E-state index in [9.17, 15) is 0 Å². The Morgan fingerprint density at radius 3 is 2.77 bits per heavy atom. The Labute approximate surface area is 82.5 Å². The van der Waals surface area contributed by atoms with Crippen LogP contribution in [0, 0.1) is 5.92 Å². The Hall–Kier alpha value is -0.0800. The molecule has 1 unspecified atom stereocenters. The van der Waals surface area contributed by atoms with Crippen LogP contribution in [0.15, 0.2) is 0 Å². The third kappa shape index (κ3) is 3.65. The predicted molar refractivity (Wildman–Crippen MR) is 57.7 cm³/mol. The summed E-state index contributed by atoms with van der Waals surface area (Å²) in [6, 6.07) is 0.707. The van der Waals surface area contributed by atoms with Crippen molar-refractivity contribution < 1.29 is 0 Å². The van der Waals surface area contributed by atoms with Crippen LogP contribution in [0.25, 0.3) is 0 Å². The summed E-state index contributed by atoms with van der Waals surface area (Å²) in [5.74, 6) is 0.856. The molecule has 0 spiro atoms. The van der Waals surface area contributed by atoms with Gasteiger partial charge in [-0.2, -0.15) is 0 Å². The van der Waals surface area contributed by atoms with Gasteiger partial charge in [0.2, 0.25) is 0 Å². The molecule has 1 aliphatic heterocycles. The second-order valence-electron chi connectivity index (χ2n) is 4.53. The Balaban J connectivity index is 2.39. The Morgan fingerprint density at radius 2 is 2.15 bits per heavy atom. The van der Waals surface area contributed by atoms with Crippen LogP contribution in [-0.2, 0) is 0 Å². The summed E-state index contributed by atoms with van der Waals surface area (Å²) in [4.78, 5) is 2.60. The minimum absolute atomic E-state index is 0.707. The Morgan fingerprint density at radius 1 is 1.38 bits per heavy atom. The maximum atomic E-state index is 5.61. The zero-order chi connectivity index (χ0) is 9.68. The standard InChI is InChI=1S/C11H24N2/c1-10(2)13-8-4-3-5-11(9-13)6-7-12/h10-11H,3-9,12H2,1-2H3. The van der Waals surface area contributed by atoms with Crippen molar-refractivity contribution in [2.24, 2.45) is 11.7 Å². The molecule has 2 nitrogen and oxygen atoms in total. The van der Waals surface area contributed by atoms with E-state index in [2.05, 4.69) is 18.7 Å². The molecule has 1 fully saturated rings. The van der Waals surface area contributed by atoms with Crippen molar-refractivity contribution >= 4 is 0 Å². The lowest BCUT2D eigenvalue weighted by molar-refractivity contribution is 0.199. The molecule has 1 atom stereocenters. The van der Waals surface area contributed by atoms with Crippen molar-refractivity contribution in [1.29, 1.82) is 0 Å². The lowest BCUT2D eigenvalue weighted by atomic mass is 9.99. The molecule has 0 saturated carbocycles. The normalized spacial score (nSPS) is 26.3. The highest BCUT2D eigenvalue weighted by Crippen LogP contribution is 2.20. The van der Waals surface area contributed by atoms with Crippen LogP contribution < -0.4 is 5.73 Å². The van der Waals surface area contributed by atoms with E-state index in [-0.39, 0.29) is 0 Å². The summed E-state index contributed by atoms with van der Waals surface area (Å²) in [5, 5.41) is 0. The van der Waals surface area contributed by atoms with Crippen LogP contribution in [0.1, 0.15) is 39.5 Å². The number of rotatable bonds is 3. The molecule has 1 saturated heterocycles. The molecule has 0 aromatic rings. The fourth-order valence-electron chi connectivity index (χ4n) is 2.20. The van der Waals surface area contributed by atoms with E-state index in [4.69, 9.17) is 5.73 Å².